The van der Waals surface area contributed by atoms with Crippen LogP contribution >= 0.6 is 0 Å². The zero-order chi connectivity index (χ0) is 13.3. The van der Waals surface area contributed by atoms with E-state index in [0.29, 0.717) is 5.41 Å². The van der Waals surface area contributed by atoms with Crippen molar-refractivity contribution in [1.82, 2.24) is 14.9 Å². The van der Waals surface area contributed by atoms with Gasteiger partial charge in [-0.15, -0.1) is 0 Å². The molecule has 0 spiro atoms. The Morgan fingerprint density at radius 3 is 2.84 bits per heavy atom. The molecule has 2 unspecified atom stereocenters. The fraction of sp³-hybridized carbons (Fsp3) is 0.812. The average molecular weight is 261 g/mol. The molecular formula is C16H27N3. The molecule has 3 rings (SSSR count). The first-order chi connectivity index (χ1) is 9.19. The van der Waals surface area contributed by atoms with Crippen LogP contribution in [0.2, 0.25) is 0 Å². The van der Waals surface area contributed by atoms with Crippen molar-refractivity contribution in [3.63, 3.8) is 0 Å². The zero-order valence-corrected chi connectivity index (χ0v) is 12.4. The molecule has 1 N–H and O–H groups in total. The molecule has 0 radical (unpaired) electrons. The van der Waals surface area contributed by atoms with Gasteiger partial charge in [-0.25, -0.2) is 4.98 Å². The van der Waals surface area contributed by atoms with E-state index in [2.05, 4.69) is 41.2 Å². The molecule has 0 bridgehead atoms. The summed E-state index contributed by atoms with van der Waals surface area (Å²) in [5.41, 5.74) is 1.79. The van der Waals surface area contributed by atoms with Gasteiger partial charge in [-0.2, -0.15) is 0 Å². The van der Waals surface area contributed by atoms with E-state index in [0.717, 1.165) is 24.9 Å². The van der Waals surface area contributed by atoms with Crippen molar-refractivity contribution in [3.05, 3.63) is 18.2 Å². The van der Waals surface area contributed by atoms with E-state index in [1.807, 2.05) is 0 Å². The van der Waals surface area contributed by atoms with Gasteiger partial charge in [0.2, 0.25) is 0 Å². The summed E-state index contributed by atoms with van der Waals surface area (Å²) < 4.78 is 2.46. The highest BCUT2D eigenvalue weighted by molar-refractivity contribution is 5.15. The van der Waals surface area contributed by atoms with E-state index >= 15 is 0 Å². The molecular weight excluding hydrogens is 234 g/mol. The number of aromatic nitrogens is 2. The summed E-state index contributed by atoms with van der Waals surface area (Å²) in [6, 6.07) is 0. The van der Waals surface area contributed by atoms with Crippen molar-refractivity contribution < 1.29 is 0 Å². The SMILES string of the molecule is CC1CCCC1Cn1cncc1C1(C)CCNCC1. The average Bonchev–Trinajstić information content (AvgIpc) is 3.01. The van der Waals surface area contributed by atoms with Crippen LogP contribution < -0.4 is 5.32 Å². The number of nitrogens with one attached hydrogen (secondary N) is 1. The van der Waals surface area contributed by atoms with Crippen LogP contribution in [0.3, 0.4) is 0 Å². The van der Waals surface area contributed by atoms with Crippen molar-refractivity contribution >= 4 is 0 Å². The molecule has 3 nitrogen and oxygen atoms in total. The van der Waals surface area contributed by atoms with Crippen molar-refractivity contribution in [1.29, 1.82) is 0 Å². The van der Waals surface area contributed by atoms with Crippen molar-refractivity contribution in [2.75, 3.05) is 13.1 Å². The lowest BCUT2D eigenvalue weighted by molar-refractivity contribution is 0.297. The highest BCUT2D eigenvalue weighted by Crippen LogP contribution is 2.36. The van der Waals surface area contributed by atoms with Crippen LogP contribution in [0.15, 0.2) is 12.5 Å². The van der Waals surface area contributed by atoms with Crippen molar-refractivity contribution in [3.8, 4) is 0 Å². The lowest BCUT2D eigenvalue weighted by atomic mass is 9.78. The zero-order valence-electron chi connectivity index (χ0n) is 12.4. The normalized spacial score (nSPS) is 30.6. The quantitative estimate of drug-likeness (QED) is 0.906. The molecule has 1 aromatic rings. The summed E-state index contributed by atoms with van der Waals surface area (Å²) in [7, 11) is 0. The van der Waals surface area contributed by atoms with Crippen LogP contribution in [0, 0.1) is 11.8 Å². The lowest BCUT2D eigenvalue weighted by Crippen LogP contribution is -2.39. The maximum atomic E-state index is 4.45. The van der Waals surface area contributed by atoms with Crippen LogP contribution in [0.5, 0.6) is 0 Å². The maximum Gasteiger partial charge on any atom is 0.0948 e. The van der Waals surface area contributed by atoms with Crippen LogP contribution in [0.25, 0.3) is 0 Å². The molecule has 106 valence electrons. The molecule has 0 aromatic carbocycles. The second kappa shape index (κ2) is 5.28. The van der Waals surface area contributed by atoms with Gasteiger partial charge in [-0.05, 0) is 44.2 Å². The largest absolute Gasteiger partial charge is 0.334 e. The van der Waals surface area contributed by atoms with Crippen molar-refractivity contribution in [2.45, 2.75) is 57.9 Å². The van der Waals surface area contributed by atoms with Gasteiger partial charge in [0.05, 0.1) is 6.33 Å². The van der Waals surface area contributed by atoms with Gasteiger partial charge in [0.15, 0.2) is 0 Å². The summed E-state index contributed by atoms with van der Waals surface area (Å²) in [5, 5.41) is 3.47. The summed E-state index contributed by atoms with van der Waals surface area (Å²) in [5.74, 6) is 1.74. The second-order valence-corrected chi connectivity index (χ2v) is 6.91. The lowest BCUT2D eigenvalue weighted by Gasteiger charge is -2.35. The first-order valence-electron chi connectivity index (χ1n) is 7.90. The third-order valence-corrected chi connectivity index (χ3v) is 5.51. The minimum Gasteiger partial charge on any atom is -0.334 e. The van der Waals surface area contributed by atoms with Gasteiger partial charge in [-0.3, -0.25) is 0 Å². The molecule has 2 aliphatic rings. The van der Waals surface area contributed by atoms with Crippen LogP contribution in [-0.4, -0.2) is 22.6 Å². The molecule has 0 amide bonds. The first kappa shape index (κ1) is 13.2. The Labute approximate surface area is 116 Å². The fourth-order valence-electron chi connectivity index (χ4n) is 3.95. The fourth-order valence-corrected chi connectivity index (χ4v) is 3.95. The Bertz CT molecular complexity index is 417. The van der Waals surface area contributed by atoms with Gasteiger partial charge in [0.25, 0.3) is 0 Å². The predicted molar refractivity (Wildman–Crippen MR) is 78.2 cm³/mol. The summed E-state index contributed by atoms with van der Waals surface area (Å²) >= 11 is 0. The molecule has 19 heavy (non-hydrogen) atoms. The number of piperidine rings is 1. The minimum atomic E-state index is 0.323. The van der Waals surface area contributed by atoms with E-state index in [4.69, 9.17) is 0 Å². The summed E-state index contributed by atoms with van der Waals surface area (Å²) in [6.07, 6.45) is 10.9. The van der Waals surface area contributed by atoms with Gasteiger partial charge < -0.3 is 9.88 Å². The molecule has 1 aromatic heterocycles. The van der Waals surface area contributed by atoms with Gasteiger partial charge in [0.1, 0.15) is 0 Å². The van der Waals surface area contributed by atoms with Gasteiger partial charge >= 0.3 is 0 Å². The highest BCUT2D eigenvalue weighted by Gasteiger charge is 2.33. The Kier molecular flexibility index (Phi) is 3.66. The second-order valence-electron chi connectivity index (χ2n) is 6.91. The maximum absolute atomic E-state index is 4.45. The Hall–Kier alpha value is -0.830. The number of nitrogens with zero attached hydrogens (tertiary/aromatic N) is 2. The highest BCUT2D eigenvalue weighted by atomic mass is 15.1. The monoisotopic (exact) mass is 261 g/mol. The van der Waals surface area contributed by atoms with Gasteiger partial charge in [0, 0.05) is 23.9 Å². The van der Waals surface area contributed by atoms with E-state index < -0.39 is 0 Å². The molecule has 2 heterocycles. The van der Waals surface area contributed by atoms with Crippen LogP contribution in [0.4, 0.5) is 0 Å². The van der Waals surface area contributed by atoms with Crippen LogP contribution in [-0.2, 0) is 12.0 Å². The molecule has 1 saturated heterocycles. The number of hydrogen-bond donors (Lipinski definition) is 1. The summed E-state index contributed by atoms with van der Waals surface area (Å²) in [4.78, 5) is 4.45. The Morgan fingerprint density at radius 1 is 1.37 bits per heavy atom. The Morgan fingerprint density at radius 2 is 2.16 bits per heavy atom. The van der Waals surface area contributed by atoms with Crippen molar-refractivity contribution in [2.24, 2.45) is 11.8 Å². The minimum absolute atomic E-state index is 0.323. The molecule has 1 aliphatic heterocycles. The third kappa shape index (κ3) is 2.58. The number of imidazole rings is 1. The molecule has 2 atom stereocenters. The molecule has 2 fully saturated rings. The molecule has 1 aliphatic carbocycles. The molecule has 3 heteroatoms. The predicted octanol–water partition coefficient (Wildman–Crippen LogP) is 2.96. The van der Waals surface area contributed by atoms with E-state index in [9.17, 15) is 0 Å². The third-order valence-electron chi connectivity index (χ3n) is 5.51. The topological polar surface area (TPSA) is 29.9 Å². The van der Waals surface area contributed by atoms with Gasteiger partial charge in [-0.1, -0.05) is 26.7 Å². The van der Waals surface area contributed by atoms with E-state index in [1.54, 1.807) is 0 Å². The number of rotatable bonds is 3. The van der Waals surface area contributed by atoms with E-state index in [1.165, 1.54) is 44.3 Å². The Balaban J connectivity index is 1.78. The molecule has 1 saturated carbocycles. The first-order valence-corrected chi connectivity index (χ1v) is 7.90. The smallest absolute Gasteiger partial charge is 0.0948 e. The van der Waals surface area contributed by atoms with Crippen LogP contribution in [0.1, 0.15) is 51.6 Å². The van der Waals surface area contributed by atoms with E-state index in [-0.39, 0.29) is 0 Å². The summed E-state index contributed by atoms with van der Waals surface area (Å²) in [6.45, 7) is 8.29. The number of hydrogen-bond acceptors (Lipinski definition) is 2. The standard InChI is InChI=1S/C16H27N3/c1-13-4-3-5-14(13)11-19-12-18-10-15(19)16(2)6-8-17-9-7-16/h10,12-14,17H,3-9,11H2,1-2H3.